The maximum Gasteiger partial charge on any atom is 0.244 e. The number of amides is 1. The molecule has 110 valence electrons. The van der Waals surface area contributed by atoms with Gasteiger partial charge >= 0.3 is 0 Å². The van der Waals surface area contributed by atoms with E-state index in [0.717, 1.165) is 5.76 Å². The number of rotatable bonds is 5. The minimum atomic E-state index is -0.654. The highest BCUT2D eigenvalue weighted by Gasteiger charge is 2.36. The minimum Gasteiger partial charge on any atom is -0.461 e. The normalized spacial score (nSPS) is 23.9. The molecule has 3 unspecified atom stereocenters. The minimum absolute atomic E-state index is 0.242. The van der Waals surface area contributed by atoms with Crippen molar-refractivity contribution in [1.29, 1.82) is 0 Å². The van der Waals surface area contributed by atoms with Gasteiger partial charge < -0.3 is 14.8 Å². The van der Waals surface area contributed by atoms with Crippen LogP contribution in [0.3, 0.4) is 0 Å². The van der Waals surface area contributed by atoms with Crippen LogP contribution in [0.4, 0.5) is 0 Å². The molecule has 1 aromatic rings. The first kappa shape index (κ1) is 14.9. The van der Waals surface area contributed by atoms with Crippen molar-refractivity contribution in [3.63, 3.8) is 0 Å². The summed E-state index contributed by atoms with van der Waals surface area (Å²) in [5.74, 6) is 2.69. The van der Waals surface area contributed by atoms with Crippen LogP contribution in [-0.2, 0) is 4.79 Å². The fourth-order valence-corrected chi connectivity index (χ4v) is 2.00. The highest BCUT2D eigenvalue weighted by Crippen LogP contribution is 2.47. The van der Waals surface area contributed by atoms with Crippen molar-refractivity contribution >= 4 is 12.0 Å². The summed E-state index contributed by atoms with van der Waals surface area (Å²) in [5.41, 5.74) is -0.654. The van der Waals surface area contributed by atoms with Crippen LogP contribution in [0.25, 0.3) is 6.08 Å². The number of furan rings is 1. The first-order valence-corrected chi connectivity index (χ1v) is 7.07. The molecule has 4 heteroatoms. The van der Waals surface area contributed by atoms with Crippen molar-refractivity contribution in [3.05, 3.63) is 29.7 Å². The van der Waals surface area contributed by atoms with Crippen molar-refractivity contribution in [2.45, 2.75) is 51.7 Å². The number of aliphatic hydroxyl groups excluding tert-OH is 1. The lowest BCUT2D eigenvalue weighted by Gasteiger charge is -2.28. The second kappa shape index (κ2) is 5.44. The van der Waals surface area contributed by atoms with E-state index in [1.807, 2.05) is 12.1 Å². The van der Waals surface area contributed by atoms with E-state index < -0.39 is 11.6 Å². The third-order valence-corrected chi connectivity index (χ3v) is 4.01. The smallest absolute Gasteiger partial charge is 0.244 e. The van der Waals surface area contributed by atoms with Crippen LogP contribution in [0.15, 0.2) is 22.6 Å². The molecule has 2 rings (SSSR count). The van der Waals surface area contributed by atoms with E-state index in [2.05, 4.69) is 12.2 Å². The van der Waals surface area contributed by atoms with Gasteiger partial charge in [-0.05, 0) is 51.3 Å². The van der Waals surface area contributed by atoms with Crippen LogP contribution in [0, 0.1) is 5.92 Å². The fraction of sp³-hybridized carbons (Fsp3) is 0.562. The monoisotopic (exact) mass is 277 g/mol. The quantitative estimate of drug-likeness (QED) is 0.813. The van der Waals surface area contributed by atoms with Crippen molar-refractivity contribution < 1.29 is 14.3 Å². The van der Waals surface area contributed by atoms with Crippen LogP contribution in [0.5, 0.6) is 0 Å². The largest absolute Gasteiger partial charge is 0.461 e. The Balaban J connectivity index is 1.92. The standard InChI is InChI=1S/C16H23NO3/c1-10-9-13(10)14-7-5-12(20-14)6-8-15(19)17-16(3,4)11(2)18/h5-8,10-11,13,18H,9H2,1-4H3,(H,17,19)/b8-6+. The summed E-state index contributed by atoms with van der Waals surface area (Å²) in [6, 6.07) is 3.86. The summed E-state index contributed by atoms with van der Waals surface area (Å²) in [4.78, 5) is 11.8. The zero-order valence-corrected chi connectivity index (χ0v) is 12.5. The van der Waals surface area contributed by atoms with Crippen molar-refractivity contribution in [1.82, 2.24) is 5.32 Å². The van der Waals surface area contributed by atoms with Gasteiger partial charge in [-0.2, -0.15) is 0 Å². The molecule has 1 heterocycles. The Morgan fingerprint density at radius 1 is 1.55 bits per heavy atom. The van der Waals surface area contributed by atoms with E-state index in [1.165, 1.54) is 12.5 Å². The summed E-state index contributed by atoms with van der Waals surface area (Å²) in [5, 5.41) is 12.3. The summed E-state index contributed by atoms with van der Waals surface area (Å²) >= 11 is 0. The maximum atomic E-state index is 11.8. The zero-order chi connectivity index (χ0) is 14.9. The molecule has 1 aliphatic rings. The van der Waals surface area contributed by atoms with Gasteiger partial charge in [-0.25, -0.2) is 0 Å². The Bertz CT molecular complexity index is 514. The van der Waals surface area contributed by atoms with Gasteiger partial charge in [0.25, 0.3) is 0 Å². The average molecular weight is 277 g/mol. The summed E-state index contributed by atoms with van der Waals surface area (Å²) in [7, 11) is 0. The Labute approximate surface area is 119 Å². The molecule has 0 bridgehead atoms. The van der Waals surface area contributed by atoms with Gasteiger partial charge in [0.05, 0.1) is 11.6 Å². The van der Waals surface area contributed by atoms with E-state index in [-0.39, 0.29) is 5.91 Å². The number of carbonyl (C=O) groups excluding carboxylic acids is 1. The topological polar surface area (TPSA) is 62.5 Å². The molecule has 20 heavy (non-hydrogen) atoms. The highest BCUT2D eigenvalue weighted by molar-refractivity contribution is 5.91. The van der Waals surface area contributed by atoms with Crippen molar-refractivity contribution in [2.75, 3.05) is 0 Å². The van der Waals surface area contributed by atoms with Gasteiger partial charge in [-0.15, -0.1) is 0 Å². The molecule has 4 nitrogen and oxygen atoms in total. The van der Waals surface area contributed by atoms with Crippen molar-refractivity contribution in [3.8, 4) is 0 Å². The highest BCUT2D eigenvalue weighted by atomic mass is 16.3. The van der Waals surface area contributed by atoms with Gasteiger partial charge in [-0.3, -0.25) is 4.79 Å². The zero-order valence-electron chi connectivity index (χ0n) is 12.5. The van der Waals surface area contributed by atoms with Crippen LogP contribution < -0.4 is 5.32 Å². The molecule has 1 fully saturated rings. The van der Waals surface area contributed by atoms with Crippen LogP contribution in [-0.4, -0.2) is 22.7 Å². The first-order valence-electron chi connectivity index (χ1n) is 7.07. The molecule has 0 aliphatic heterocycles. The van der Waals surface area contributed by atoms with E-state index in [4.69, 9.17) is 4.42 Å². The van der Waals surface area contributed by atoms with E-state index in [9.17, 15) is 9.90 Å². The van der Waals surface area contributed by atoms with E-state index >= 15 is 0 Å². The first-order chi connectivity index (χ1) is 9.29. The lowest BCUT2D eigenvalue weighted by atomic mass is 9.99. The number of hydrogen-bond donors (Lipinski definition) is 2. The Kier molecular flexibility index (Phi) is 4.04. The third kappa shape index (κ3) is 3.51. The third-order valence-electron chi connectivity index (χ3n) is 4.01. The molecule has 1 aromatic heterocycles. The number of aliphatic hydroxyl groups is 1. The molecular weight excluding hydrogens is 254 g/mol. The summed E-state index contributed by atoms with van der Waals surface area (Å²) in [6.07, 6.45) is 3.65. The number of hydrogen-bond acceptors (Lipinski definition) is 3. The molecule has 0 radical (unpaired) electrons. The van der Waals surface area contributed by atoms with Crippen LogP contribution in [0.1, 0.15) is 51.6 Å². The molecule has 1 amide bonds. The molecule has 2 N–H and O–H groups in total. The SMILES string of the molecule is CC1CC1c1ccc(/C=C/C(=O)NC(C)(C)C(C)O)o1. The average Bonchev–Trinajstić information content (AvgIpc) is 2.90. The summed E-state index contributed by atoms with van der Waals surface area (Å²) in [6.45, 7) is 7.42. The Morgan fingerprint density at radius 3 is 2.75 bits per heavy atom. The second-order valence-corrected chi connectivity index (χ2v) is 6.28. The van der Waals surface area contributed by atoms with Crippen LogP contribution in [0.2, 0.25) is 0 Å². The second-order valence-electron chi connectivity index (χ2n) is 6.28. The molecule has 3 atom stereocenters. The molecule has 1 aliphatic carbocycles. The van der Waals surface area contributed by atoms with Gasteiger partial charge in [0.1, 0.15) is 11.5 Å². The fourth-order valence-electron chi connectivity index (χ4n) is 2.00. The summed E-state index contributed by atoms with van der Waals surface area (Å²) < 4.78 is 5.69. The van der Waals surface area contributed by atoms with Gasteiger partial charge in [0.2, 0.25) is 5.91 Å². The van der Waals surface area contributed by atoms with Gasteiger partial charge in [-0.1, -0.05) is 6.92 Å². The predicted molar refractivity (Wildman–Crippen MR) is 78.2 cm³/mol. The Morgan fingerprint density at radius 2 is 2.20 bits per heavy atom. The molecular formula is C16H23NO3. The number of nitrogens with one attached hydrogen (secondary N) is 1. The number of carbonyl (C=O) groups is 1. The lowest BCUT2D eigenvalue weighted by molar-refractivity contribution is -0.119. The van der Waals surface area contributed by atoms with Gasteiger partial charge in [0, 0.05) is 12.0 Å². The molecule has 1 saturated carbocycles. The van der Waals surface area contributed by atoms with Gasteiger partial charge in [0.15, 0.2) is 0 Å². The Hall–Kier alpha value is -1.55. The lowest BCUT2D eigenvalue weighted by Crippen LogP contribution is -2.50. The van der Waals surface area contributed by atoms with Crippen molar-refractivity contribution in [2.24, 2.45) is 5.92 Å². The van der Waals surface area contributed by atoms with Crippen LogP contribution >= 0.6 is 0 Å². The molecule has 0 aromatic carbocycles. The maximum absolute atomic E-state index is 11.8. The molecule has 0 spiro atoms. The predicted octanol–water partition coefficient (Wildman–Crippen LogP) is 2.69. The molecule has 0 saturated heterocycles. The van der Waals surface area contributed by atoms with E-state index in [0.29, 0.717) is 17.6 Å². The van der Waals surface area contributed by atoms with E-state index in [1.54, 1.807) is 26.8 Å².